The lowest BCUT2D eigenvalue weighted by molar-refractivity contribution is 0.126. The van der Waals surface area contributed by atoms with Crippen molar-refractivity contribution in [3.8, 4) is 0 Å². The van der Waals surface area contributed by atoms with E-state index in [1.807, 2.05) is 12.1 Å². The molecule has 0 saturated heterocycles. The summed E-state index contributed by atoms with van der Waals surface area (Å²) >= 11 is 3.46. The van der Waals surface area contributed by atoms with Gasteiger partial charge in [-0.3, -0.25) is 4.90 Å². The molecular formula is C16H21BrN2O. The van der Waals surface area contributed by atoms with E-state index in [4.69, 9.17) is 10.2 Å². The number of nitrogens with zero attached hydrogens (tertiary/aromatic N) is 1. The molecule has 1 unspecified atom stereocenters. The monoisotopic (exact) mass is 336 g/mol. The van der Waals surface area contributed by atoms with Gasteiger partial charge < -0.3 is 10.2 Å². The van der Waals surface area contributed by atoms with E-state index in [9.17, 15) is 0 Å². The van der Waals surface area contributed by atoms with Crippen LogP contribution in [-0.4, -0.2) is 24.0 Å². The molecule has 0 amide bonds. The quantitative estimate of drug-likeness (QED) is 0.878. The summed E-state index contributed by atoms with van der Waals surface area (Å²) in [6.45, 7) is 3.55. The Morgan fingerprint density at radius 3 is 2.50 bits per heavy atom. The number of hydrogen-bond donors (Lipinski definition) is 1. The molecule has 2 aromatic rings. The fraction of sp³-hybridized carbons (Fsp3) is 0.375. The molecule has 2 N–H and O–H groups in total. The highest BCUT2D eigenvalue weighted by atomic mass is 79.9. The Labute approximate surface area is 128 Å². The third kappa shape index (κ3) is 3.72. The molecule has 1 heterocycles. The van der Waals surface area contributed by atoms with Gasteiger partial charge in [-0.2, -0.15) is 0 Å². The van der Waals surface area contributed by atoms with E-state index >= 15 is 0 Å². The fourth-order valence-electron chi connectivity index (χ4n) is 2.23. The molecule has 0 radical (unpaired) electrons. The Kier molecular flexibility index (Phi) is 5.02. The number of rotatable bonds is 6. The van der Waals surface area contributed by atoms with Crippen LogP contribution in [0.15, 0.2) is 51.6 Å². The van der Waals surface area contributed by atoms with Crippen LogP contribution in [-0.2, 0) is 13.0 Å². The molecule has 0 spiro atoms. The molecule has 0 aliphatic carbocycles. The highest BCUT2D eigenvalue weighted by molar-refractivity contribution is 9.10. The number of furan rings is 1. The molecule has 0 fully saturated rings. The summed E-state index contributed by atoms with van der Waals surface area (Å²) in [5, 5.41) is 0. The SMILES string of the molecule is CN(Cc1ccco1)C(C)(CN)Cc1ccc(Br)cc1. The van der Waals surface area contributed by atoms with Crippen molar-refractivity contribution in [2.75, 3.05) is 13.6 Å². The van der Waals surface area contributed by atoms with Crippen molar-refractivity contribution in [3.05, 3.63) is 58.5 Å². The second-order valence-electron chi connectivity index (χ2n) is 5.44. The predicted octanol–water partition coefficient (Wildman–Crippen LogP) is 3.43. The zero-order valence-electron chi connectivity index (χ0n) is 12.0. The average Bonchev–Trinajstić information content (AvgIpc) is 2.94. The topological polar surface area (TPSA) is 42.4 Å². The largest absolute Gasteiger partial charge is 0.468 e. The van der Waals surface area contributed by atoms with Gasteiger partial charge in [0.2, 0.25) is 0 Å². The first kappa shape index (κ1) is 15.3. The van der Waals surface area contributed by atoms with Crippen molar-refractivity contribution in [2.45, 2.75) is 25.4 Å². The molecule has 1 aromatic carbocycles. The van der Waals surface area contributed by atoms with Crippen LogP contribution in [0.3, 0.4) is 0 Å². The van der Waals surface area contributed by atoms with Crippen LogP contribution in [0.25, 0.3) is 0 Å². The van der Waals surface area contributed by atoms with Gasteiger partial charge in [0, 0.05) is 16.6 Å². The van der Waals surface area contributed by atoms with Gasteiger partial charge in [-0.1, -0.05) is 28.1 Å². The van der Waals surface area contributed by atoms with E-state index in [0.717, 1.165) is 23.2 Å². The molecule has 4 heteroatoms. The van der Waals surface area contributed by atoms with Gasteiger partial charge in [0.15, 0.2) is 0 Å². The van der Waals surface area contributed by atoms with Gasteiger partial charge in [0.05, 0.1) is 12.8 Å². The molecule has 0 aliphatic heterocycles. The van der Waals surface area contributed by atoms with Crippen LogP contribution in [0.4, 0.5) is 0 Å². The molecule has 1 atom stereocenters. The van der Waals surface area contributed by atoms with Gasteiger partial charge in [-0.05, 0) is 50.2 Å². The molecule has 1 aromatic heterocycles. The van der Waals surface area contributed by atoms with Crippen LogP contribution < -0.4 is 5.73 Å². The number of likely N-dealkylation sites (N-methyl/N-ethyl adjacent to an activating group) is 1. The Hall–Kier alpha value is -1.10. The Morgan fingerprint density at radius 2 is 1.95 bits per heavy atom. The minimum atomic E-state index is -0.0966. The smallest absolute Gasteiger partial charge is 0.117 e. The highest BCUT2D eigenvalue weighted by Crippen LogP contribution is 2.22. The number of nitrogens with two attached hydrogens (primary N) is 1. The average molecular weight is 337 g/mol. The zero-order valence-corrected chi connectivity index (χ0v) is 13.6. The molecule has 20 heavy (non-hydrogen) atoms. The Bertz CT molecular complexity index is 524. The highest BCUT2D eigenvalue weighted by Gasteiger charge is 2.28. The third-order valence-electron chi connectivity index (χ3n) is 3.83. The lowest BCUT2D eigenvalue weighted by atomic mass is 9.91. The van der Waals surface area contributed by atoms with Gasteiger partial charge in [-0.25, -0.2) is 0 Å². The standard InChI is InChI=1S/C16H21BrN2O/c1-16(12-18,10-13-5-7-14(17)8-6-13)19(2)11-15-4-3-9-20-15/h3-9H,10-12,18H2,1-2H3. The van der Waals surface area contributed by atoms with Crippen molar-refractivity contribution >= 4 is 15.9 Å². The summed E-state index contributed by atoms with van der Waals surface area (Å²) in [7, 11) is 2.09. The lowest BCUT2D eigenvalue weighted by Gasteiger charge is -2.38. The van der Waals surface area contributed by atoms with Crippen molar-refractivity contribution in [2.24, 2.45) is 5.73 Å². The fourth-order valence-corrected chi connectivity index (χ4v) is 2.50. The van der Waals surface area contributed by atoms with Crippen molar-refractivity contribution in [1.29, 1.82) is 0 Å². The summed E-state index contributed by atoms with van der Waals surface area (Å²) in [6, 6.07) is 12.3. The first-order valence-corrected chi connectivity index (χ1v) is 7.51. The number of benzene rings is 1. The van der Waals surface area contributed by atoms with Crippen LogP contribution in [0, 0.1) is 0 Å². The summed E-state index contributed by atoms with van der Waals surface area (Å²) in [5.41, 5.74) is 7.22. The lowest BCUT2D eigenvalue weighted by Crippen LogP contribution is -2.50. The first-order valence-electron chi connectivity index (χ1n) is 6.72. The zero-order chi connectivity index (χ0) is 14.6. The Balaban J connectivity index is 2.09. The number of hydrogen-bond acceptors (Lipinski definition) is 3. The minimum Gasteiger partial charge on any atom is -0.468 e. The number of halogens is 1. The maximum atomic E-state index is 6.03. The molecule has 0 bridgehead atoms. The van der Waals surface area contributed by atoms with Gasteiger partial charge in [0.1, 0.15) is 5.76 Å². The van der Waals surface area contributed by atoms with Gasteiger partial charge in [-0.15, -0.1) is 0 Å². The van der Waals surface area contributed by atoms with Gasteiger partial charge in [0.25, 0.3) is 0 Å². The summed E-state index contributed by atoms with van der Waals surface area (Å²) in [5.74, 6) is 0.961. The van der Waals surface area contributed by atoms with E-state index in [0.29, 0.717) is 6.54 Å². The second-order valence-corrected chi connectivity index (χ2v) is 6.36. The summed E-state index contributed by atoms with van der Waals surface area (Å²) < 4.78 is 6.52. The predicted molar refractivity (Wildman–Crippen MR) is 85.5 cm³/mol. The van der Waals surface area contributed by atoms with E-state index in [2.05, 4.69) is 59.1 Å². The maximum Gasteiger partial charge on any atom is 0.117 e. The van der Waals surface area contributed by atoms with Crippen molar-refractivity contribution in [1.82, 2.24) is 4.90 Å². The van der Waals surface area contributed by atoms with Crippen LogP contribution in [0.1, 0.15) is 18.2 Å². The molecule has 0 aliphatic rings. The Morgan fingerprint density at radius 1 is 1.25 bits per heavy atom. The molecule has 3 nitrogen and oxygen atoms in total. The summed E-state index contributed by atoms with van der Waals surface area (Å²) in [4.78, 5) is 2.26. The van der Waals surface area contributed by atoms with Crippen LogP contribution >= 0.6 is 15.9 Å². The van der Waals surface area contributed by atoms with E-state index in [1.54, 1.807) is 6.26 Å². The first-order chi connectivity index (χ1) is 9.53. The normalized spacial score (nSPS) is 14.4. The van der Waals surface area contributed by atoms with E-state index in [-0.39, 0.29) is 5.54 Å². The van der Waals surface area contributed by atoms with Gasteiger partial charge >= 0.3 is 0 Å². The molecule has 2 rings (SSSR count). The molecular weight excluding hydrogens is 316 g/mol. The van der Waals surface area contributed by atoms with Crippen LogP contribution in [0.5, 0.6) is 0 Å². The molecule has 108 valence electrons. The third-order valence-corrected chi connectivity index (χ3v) is 4.36. The van der Waals surface area contributed by atoms with E-state index in [1.165, 1.54) is 5.56 Å². The van der Waals surface area contributed by atoms with Crippen LogP contribution in [0.2, 0.25) is 0 Å². The van der Waals surface area contributed by atoms with Crippen molar-refractivity contribution < 1.29 is 4.42 Å². The maximum absolute atomic E-state index is 6.03. The van der Waals surface area contributed by atoms with Crippen molar-refractivity contribution in [3.63, 3.8) is 0 Å². The van der Waals surface area contributed by atoms with E-state index < -0.39 is 0 Å². The second kappa shape index (κ2) is 6.57. The minimum absolute atomic E-state index is 0.0966. The summed E-state index contributed by atoms with van der Waals surface area (Å²) in [6.07, 6.45) is 2.62. The molecule has 0 saturated carbocycles.